The van der Waals surface area contributed by atoms with E-state index < -0.39 is 0 Å². The smallest absolute Gasteiger partial charge is 0.124 e. The number of rotatable bonds is 4. The summed E-state index contributed by atoms with van der Waals surface area (Å²) >= 11 is 0. The van der Waals surface area contributed by atoms with E-state index in [1.165, 1.54) is 17.5 Å². The first kappa shape index (κ1) is 15.4. The standard InChI is InChI=1S/C18H29NO/c1-7-19-15-11-20-16-9-8-13(10-14(15)16)18(5,6)12-17(2,3)4/h8-10,15,19H,7,11-12H2,1-6H3. The van der Waals surface area contributed by atoms with Gasteiger partial charge in [-0.25, -0.2) is 0 Å². The van der Waals surface area contributed by atoms with Crippen LogP contribution in [0, 0.1) is 5.41 Å². The molecule has 0 bridgehead atoms. The molecule has 0 radical (unpaired) electrons. The van der Waals surface area contributed by atoms with Gasteiger partial charge in [0.2, 0.25) is 0 Å². The lowest BCUT2D eigenvalue weighted by Crippen LogP contribution is -2.25. The molecule has 0 spiro atoms. The number of ether oxygens (including phenoxy) is 1. The highest BCUT2D eigenvalue weighted by Crippen LogP contribution is 2.40. The van der Waals surface area contributed by atoms with E-state index in [0.717, 1.165) is 18.9 Å². The fourth-order valence-corrected chi connectivity index (χ4v) is 3.48. The lowest BCUT2D eigenvalue weighted by Gasteiger charge is -2.33. The Balaban J connectivity index is 2.29. The van der Waals surface area contributed by atoms with Crippen LogP contribution >= 0.6 is 0 Å². The van der Waals surface area contributed by atoms with Gasteiger partial charge in [-0.3, -0.25) is 0 Å². The summed E-state index contributed by atoms with van der Waals surface area (Å²) in [5.41, 5.74) is 3.26. The van der Waals surface area contributed by atoms with Crippen molar-refractivity contribution in [2.24, 2.45) is 5.41 Å². The molecule has 2 heteroatoms. The highest BCUT2D eigenvalue weighted by atomic mass is 16.5. The van der Waals surface area contributed by atoms with E-state index in [1.54, 1.807) is 0 Å². The molecule has 2 rings (SSSR count). The molecule has 0 saturated carbocycles. The first-order valence-electron chi connectivity index (χ1n) is 7.73. The Kier molecular flexibility index (Phi) is 4.15. The summed E-state index contributed by atoms with van der Waals surface area (Å²) < 4.78 is 5.77. The van der Waals surface area contributed by atoms with Gasteiger partial charge in [-0.2, -0.15) is 0 Å². The Morgan fingerprint density at radius 3 is 2.50 bits per heavy atom. The van der Waals surface area contributed by atoms with E-state index in [-0.39, 0.29) is 5.41 Å². The zero-order chi connectivity index (χ0) is 15.0. The van der Waals surface area contributed by atoms with Gasteiger partial charge in [-0.1, -0.05) is 47.6 Å². The van der Waals surface area contributed by atoms with Gasteiger partial charge in [0.05, 0.1) is 6.04 Å². The van der Waals surface area contributed by atoms with Crippen molar-refractivity contribution >= 4 is 0 Å². The predicted molar refractivity (Wildman–Crippen MR) is 85.5 cm³/mol. The van der Waals surface area contributed by atoms with Gasteiger partial charge < -0.3 is 10.1 Å². The van der Waals surface area contributed by atoms with Gasteiger partial charge in [0.15, 0.2) is 0 Å². The van der Waals surface area contributed by atoms with E-state index in [2.05, 4.69) is 65.1 Å². The topological polar surface area (TPSA) is 21.3 Å². The molecule has 112 valence electrons. The molecule has 1 aliphatic heterocycles. The van der Waals surface area contributed by atoms with Gasteiger partial charge in [0, 0.05) is 5.56 Å². The zero-order valence-corrected chi connectivity index (χ0v) is 13.8. The molecule has 0 fully saturated rings. The van der Waals surface area contributed by atoms with Crippen molar-refractivity contribution in [1.29, 1.82) is 0 Å². The second kappa shape index (κ2) is 5.40. The van der Waals surface area contributed by atoms with E-state index >= 15 is 0 Å². The van der Waals surface area contributed by atoms with Crippen LogP contribution in [0.3, 0.4) is 0 Å². The summed E-state index contributed by atoms with van der Waals surface area (Å²) in [6.45, 7) is 15.5. The third-order valence-electron chi connectivity index (χ3n) is 3.99. The Morgan fingerprint density at radius 1 is 1.20 bits per heavy atom. The summed E-state index contributed by atoms with van der Waals surface area (Å²) in [5, 5.41) is 3.50. The fraction of sp³-hybridized carbons (Fsp3) is 0.667. The summed E-state index contributed by atoms with van der Waals surface area (Å²) in [5.74, 6) is 1.05. The molecule has 0 aliphatic carbocycles. The Morgan fingerprint density at radius 2 is 1.90 bits per heavy atom. The van der Waals surface area contributed by atoms with Crippen LogP contribution in [0.4, 0.5) is 0 Å². The van der Waals surface area contributed by atoms with Gasteiger partial charge in [-0.05, 0) is 41.5 Å². The lowest BCUT2D eigenvalue weighted by molar-refractivity contribution is 0.284. The van der Waals surface area contributed by atoms with Crippen molar-refractivity contribution in [2.75, 3.05) is 13.2 Å². The number of likely N-dealkylation sites (N-methyl/N-ethyl adjacent to an activating group) is 1. The van der Waals surface area contributed by atoms with Crippen LogP contribution in [0.1, 0.15) is 65.1 Å². The van der Waals surface area contributed by atoms with Crippen LogP contribution in [-0.4, -0.2) is 13.2 Å². The minimum Gasteiger partial charge on any atom is -0.491 e. The van der Waals surface area contributed by atoms with Crippen molar-refractivity contribution in [1.82, 2.24) is 5.32 Å². The quantitative estimate of drug-likeness (QED) is 0.877. The number of hydrogen-bond acceptors (Lipinski definition) is 2. The Hall–Kier alpha value is -1.02. The maximum atomic E-state index is 5.77. The molecular weight excluding hydrogens is 246 g/mol. The second-order valence-corrected chi connectivity index (χ2v) is 7.80. The van der Waals surface area contributed by atoms with Crippen molar-refractivity contribution in [2.45, 2.75) is 59.4 Å². The van der Waals surface area contributed by atoms with Crippen LogP contribution in [0.15, 0.2) is 18.2 Å². The van der Waals surface area contributed by atoms with Crippen LogP contribution < -0.4 is 10.1 Å². The molecular formula is C18H29NO. The molecule has 1 aliphatic rings. The van der Waals surface area contributed by atoms with Gasteiger partial charge in [0.1, 0.15) is 12.4 Å². The molecule has 1 heterocycles. The number of nitrogens with one attached hydrogen (secondary N) is 1. The monoisotopic (exact) mass is 275 g/mol. The number of benzene rings is 1. The third-order valence-corrected chi connectivity index (χ3v) is 3.99. The molecule has 1 unspecified atom stereocenters. The number of hydrogen-bond donors (Lipinski definition) is 1. The van der Waals surface area contributed by atoms with Crippen LogP contribution in [0.2, 0.25) is 0 Å². The third kappa shape index (κ3) is 3.35. The molecule has 0 saturated heterocycles. The summed E-state index contributed by atoms with van der Waals surface area (Å²) in [6, 6.07) is 7.08. The minimum absolute atomic E-state index is 0.187. The lowest BCUT2D eigenvalue weighted by atomic mass is 9.72. The average molecular weight is 275 g/mol. The van der Waals surface area contributed by atoms with Crippen LogP contribution in [0.5, 0.6) is 5.75 Å². The molecule has 1 aromatic rings. The highest BCUT2D eigenvalue weighted by molar-refractivity contribution is 5.44. The van der Waals surface area contributed by atoms with Crippen molar-refractivity contribution < 1.29 is 4.74 Å². The van der Waals surface area contributed by atoms with Crippen molar-refractivity contribution in [3.63, 3.8) is 0 Å². The summed E-state index contributed by atoms with van der Waals surface area (Å²) in [6.07, 6.45) is 1.17. The van der Waals surface area contributed by atoms with Crippen molar-refractivity contribution in [3.05, 3.63) is 29.3 Å². The first-order chi connectivity index (χ1) is 9.23. The Labute approximate surface area is 123 Å². The van der Waals surface area contributed by atoms with E-state index in [0.29, 0.717) is 11.5 Å². The number of fused-ring (bicyclic) bond motifs is 1. The predicted octanol–water partition coefficient (Wildman–Crippen LogP) is 4.44. The molecule has 0 aromatic heterocycles. The van der Waals surface area contributed by atoms with Gasteiger partial charge in [-0.15, -0.1) is 0 Å². The van der Waals surface area contributed by atoms with Gasteiger partial charge in [0.25, 0.3) is 0 Å². The fourth-order valence-electron chi connectivity index (χ4n) is 3.48. The first-order valence-corrected chi connectivity index (χ1v) is 7.73. The summed E-state index contributed by atoms with van der Waals surface area (Å²) in [4.78, 5) is 0. The molecule has 1 aromatic carbocycles. The van der Waals surface area contributed by atoms with Crippen molar-refractivity contribution in [3.8, 4) is 5.75 Å². The van der Waals surface area contributed by atoms with E-state index in [9.17, 15) is 0 Å². The average Bonchev–Trinajstić information content (AvgIpc) is 2.69. The molecule has 20 heavy (non-hydrogen) atoms. The minimum atomic E-state index is 0.187. The maximum absolute atomic E-state index is 5.77. The van der Waals surface area contributed by atoms with E-state index in [1.807, 2.05) is 0 Å². The summed E-state index contributed by atoms with van der Waals surface area (Å²) in [7, 11) is 0. The maximum Gasteiger partial charge on any atom is 0.124 e. The zero-order valence-electron chi connectivity index (χ0n) is 13.8. The van der Waals surface area contributed by atoms with Crippen LogP contribution in [0.25, 0.3) is 0 Å². The SMILES string of the molecule is CCNC1COc2ccc(C(C)(C)CC(C)(C)C)cc21. The van der Waals surface area contributed by atoms with Gasteiger partial charge >= 0.3 is 0 Å². The molecule has 1 N–H and O–H groups in total. The van der Waals surface area contributed by atoms with Crippen LogP contribution in [-0.2, 0) is 5.41 Å². The molecule has 2 nitrogen and oxygen atoms in total. The highest BCUT2D eigenvalue weighted by Gasteiger charge is 2.30. The molecule has 1 atom stereocenters. The van der Waals surface area contributed by atoms with E-state index in [4.69, 9.17) is 4.74 Å². The second-order valence-electron chi connectivity index (χ2n) is 7.80. The molecule has 0 amide bonds. The largest absolute Gasteiger partial charge is 0.491 e. The Bertz CT molecular complexity index is 469. The normalized spacial score (nSPS) is 18.8.